The zero-order valence-electron chi connectivity index (χ0n) is 13.3. The average Bonchev–Trinajstić information content (AvgIpc) is 3.13. The molecule has 2 unspecified atom stereocenters. The Hall–Kier alpha value is -1.74. The van der Waals surface area contributed by atoms with Gasteiger partial charge in [0.15, 0.2) is 26.5 Å². The molecule has 3 aliphatic heterocycles. The Bertz CT molecular complexity index is 894. The Morgan fingerprint density at radius 1 is 1.20 bits per heavy atom. The number of hydrogen-bond acceptors (Lipinski definition) is 6. The van der Waals surface area contributed by atoms with Crippen LogP contribution in [0.15, 0.2) is 23.2 Å². The van der Waals surface area contributed by atoms with E-state index in [1.807, 2.05) is 17.0 Å². The number of fused-ring (bicyclic) bond motifs is 2. The SMILES string of the molecule is O=C(N=C1SC2CS(=O)(=O)CC2N1c1ccc2c(c1)OCO2)C1CC1. The van der Waals surface area contributed by atoms with Crippen LogP contribution in [-0.4, -0.2) is 49.1 Å². The first-order valence-electron chi connectivity index (χ1n) is 8.19. The third-order valence-electron chi connectivity index (χ3n) is 4.83. The van der Waals surface area contributed by atoms with Crippen molar-refractivity contribution in [3.8, 4) is 11.5 Å². The topological polar surface area (TPSA) is 85.3 Å². The highest BCUT2D eigenvalue weighted by Crippen LogP contribution is 2.44. The van der Waals surface area contributed by atoms with Crippen molar-refractivity contribution in [3.05, 3.63) is 18.2 Å². The number of amidine groups is 1. The van der Waals surface area contributed by atoms with Crippen LogP contribution in [0.1, 0.15) is 12.8 Å². The second kappa shape index (κ2) is 5.38. The van der Waals surface area contributed by atoms with Gasteiger partial charge in [0, 0.05) is 22.9 Å². The van der Waals surface area contributed by atoms with Crippen molar-refractivity contribution in [3.63, 3.8) is 0 Å². The van der Waals surface area contributed by atoms with Gasteiger partial charge in [-0.05, 0) is 25.0 Å². The number of sulfone groups is 1. The maximum atomic E-state index is 12.2. The van der Waals surface area contributed by atoms with Crippen LogP contribution in [0.25, 0.3) is 0 Å². The number of aliphatic imine (C=N–C) groups is 1. The van der Waals surface area contributed by atoms with E-state index in [4.69, 9.17) is 9.47 Å². The average molecular weight is 380 g/mol. The number of thioether (sulfide) groups is 1. The van der Waals surface area contributed by atoms with Crippen LogP contribution < -0.4 is 14.4 Å². The lowest BCUT2D eigenvalue weighted by Gasteiger charge is -2.24. The maximum absolute atomic E-state index is 12.2. The molecule has 132 valence electrons. The number of carbonyl (C=O) groups excluding carboxylic acids is 1. The van der Waals surface area contributed by atoms with E-state index < -0.39 is 9.84 Å². The summed E-state index contributed by atoms with van der Waals surface area (Å²) in [6, 6.07) is 5.28. The summed E-state index contributed by atoms with van der Waals surface area (Å²) in [5.74, 6) is 1.43. The lowest BCUT2D eigenvalue weighted by atomic mass is 10.2. The summed E-state index contributed by atoms with van der Waals surface area (Å²) >= 11 is 1.40. The van der Waals surface area contributed by atoms with Crippen LogP contribution in [0.5, 0.6) is 11.5 Å². The van der Waals surface area contributed by atoms with E-state index in [0.29, 0.717) is 16.7 Å². The van der Waals surface area contributed by atoms with Crippen LogP contribution in [0, 0.1) is 5.92 Å². The van der Waals surface area contributed by atoms with Crippen molar-refractivity contribution in [1.82, 2.24) is 0 Å². The van der Waals surface area contributed by atoms with Crippen LogP contribution in [0.2, 0.25) is 0 Å². The first-order valence-corrected chi connectivity index (χ1v) is 10.9. The van der Waals surface area contributed by atoms with E-state index in [1.165, 1.54) is 11.8 Å². The predicted octanol–water partition coefficient (Wildman–Crippen LogP) is 1.43. The standard InChI is InChI=1S/C16H16N2O5S2/c19-15(9-1-2-9)17-16-18(11-6-25(20,21)7-14(11)24-16)10-3-4-12-13(5-10)23-8-22-12/h3-5,9,11,14H,1-2,6-8H2. The molecule has 1 amide bonds. The van der Waals surface area contributed by atoms with Crippen LogP contribution in [0.4, 0.5) is 5.69 Å². The van der Waals surface area contributed by atoms with Crippen LogP contribution in [0.3, 0.4) is 0 Å². The van der Waals surface area contributed by atoms with Crippen molar-refractivity contribution in [2.45, 2.75) is 24.1 Å². The minimum atomic E-state index is -3.07. The fraction of sp³-hybridized carbons (Fsp3) is 0.500. The summed E-state index contributed by atoms with van der Waals surface area (Å²) in [4.78, 5) is 18.4. The van der Waals surface area contributed by atoms with E-state index in [0.717, 1.165) is 18.5 Å². The molecule has 5 rings (SSSR count). The van der Waals surface area contributed by atoms with Crippen molar-refractivity contribution in [2.24, 2.45) is 10.9 Å². The Labute approximate surface area is 149 Å². The van der Waals surface area contributed by atoms with Gasteiger partial charge in [-0.25, -0.2) is 8.42 Å². The van der Waals surface area contributed by atoms with Gasteiger partial charge in [-0.3, -0.25) is 4.79 Å². The lowest BCUT2D eigenvalue weighted by Crippen LogP contribution is -2.37. The minimum Gasteiger partial charge on any atom is -0.454 e. The number of amides is 1. The number of rotatable bonds is 2. The van der Waals surface area contributed by atoms with Crippen LogP contribution >= 0.6 is 11.8 Å². The smallest absolute Gasteiger partial charge is 0.251 e. The Morgan fingerprint density at radius 3 is 2.80 bits per heavy atom. The summed E-state index contributed by atoms with van der Waals surface area (Å²) < 4.78 is 34.9. The van der Waals surface area contributed by atoms with Crippen molar-refractivity contribution >= 4 is 38.4 Å². The summed E-state index contributed by atoms with van der Waals surface area (Å²) in [5, 5.41) is 0.502. The highest BCUT2D eigenvalue weighted by molar-refractivity contribution is 8.16. The molecule has 7 nitrogen and oxygen atoms in total. The molecule has 0 bridgehead atoms. The Morgan fingerprint density at radius 2 is 2.00 bits per heavy atom. The summed E-state index contributed by atoms with van der Waals surface area (Å²) in [5.41, 5.74) is 0.781. The molecule has 3 heterocycles. The van der Waals surface area contributed by atoms with Crippen molar-refractivity contribution < 1.29 is 22.7 Å². The molecule has 0 radical (unpaired) electrons. The van der Waals surface area contributed by atoms with Gasteiger partial charge in [0.05, 0.1) is 17.5 Å². The molecule has 3 fully saturated rings. The van der Waals surface area contributed by atoms with Gasteiger partial charge in [-0.1, -0.05) is 11.8 Å². The number of benzene rings is 1. The third kappa shape index (κ3) is 2.69. The molecule has 0 N–H and O–H groups in total. The summed E-state index contributed by atoms with van der Waals surface area (Å²) in [6.07, 6.45) is 1.79. The monoisotopic (exact) mass is 380 g/mol. The number of anilines is 1. The fourth-order valence-corrected chi connectivity index (χ4v) is 7.34. The molecule has 0 spiro atoms. The summed E-state index contributed by atoms with van der Waals surface area (Å²) in [6.45, 7) is 0.176. The largest absolute Gasteiger partial charge is 0.454 e. The normalized spacial score (nSPS) is 30.7. The minimum absolute atomic E-state index is 0.0378. The van der Waals surface area contributed by atoms with Crippen molar-refractivity contribution in [1.29, 1.82) is 0 Å². The van der Waals surface area contributed by atoms with E-state index in [9.17, 15) is 13.2 Å². The highest BCUT2D eigenvalue weighted by Gasteiger charge is 2.50. The van der Waals surface area contributed by atoms with E-state index in [-0.39, 0.29) is 41.4 Å². The van der Waals surface area contributed by atoms with Gasteiger partial charge in [0.25, 0.3) is 5.91 Å². The third-order valence-corrected chi connectivity index (χ3v) is 8.04. The van der Waals surface area contributed by atoms with Gasteiger partial charge >= 0.3 is 0 Å². The quantitative estimate of drug-likeness (QED) is 0.767. The van der Waals surface area contributed by atoms with E-state index >= 15 is 0 Å². The molecule has 2 saturated heterocycles. The number of ether oxygens (including phenoxy) is 2. The molecule has 2 atom stereocenters. The molecule has 0 aromatic heterocycles. The number of hydrogen-bond donors (Lipinski definition) is 0. The van der Waals surface area contributed by atoms with E-state index in [2.05, 4.69) is 4.99 Å². The molecule has 1 aromatic rings. The molecule has 25 heavy (non-hydrogen) atoms. The Kier molecular flexibility index (Phi) is 3.34. The molecule has 1 aromatic carbocycles. The first kappa shape index (κ1) is 15.5. The molecular formula is C16H16N2O5S2. The van der Waals surface area contributed by atoms with Crippen molar-refractivity contribution in [2.75, 3.05) is 23.2 Å². The lowest BCUT2D eigenvalue weighted by molar-refractivity contribution is -0.118. The van der Waals surface area contributed by atoms with Gasteiger partial charge in [-0.15, -0.1) is 0 Å². The first-order chi connectivity index (χ1) is 12.0. The number of carbonyl (C=O) groups is 1. The predicted molar refractivity (Wildman–Crippen MR) is 94.0 cm³/mol. The molecule has 4 aliphatic rings. The molecule has 1 aliphatic carbocycles. The van der Waals surface area contributed by atoms with Crippen LogP contribution in [-0.2, 0) is 14.6 Å². The highest BCUT2D eigenvalue weighted by atomic mass is 32.2. The zero-order chi connectivity index (χ0) is 17.2. The Balaban J connectivity index is 1.54. The molecule has 1 saturated carbocycles. The molecular weight excluding hydrogens is 364 g/mol. The van der Waals surface area contributed by atoms with Gasteiger partial charge in [0.2, 0.25) is 6.79 Å². The fourth-order valence-electron chi connectivity index (χ4n) is 3.42. The maximum Gasteiger partial charge on any atom is 0.251 e. The molecule has 9 heteroatoms. The second-order valence-electron chi connectivity index (χ2n) is 6.72. The van der Waals surface area contributed by atoms with Gasteiger partial charge in [0.1, 0.15) is 0 Å². The number of nitrogens with zero attached hydrogens (tertiary/aromatic N) is 2. The zero-order valence-corrected chi connectivity index (χ0v) is 14.9. The van der Waals surface area contributed by atoms with Gasteiger partial charge in [-0.2, -0.15) is 4.99 Å². The van der Waals surface area contributed by atoms with Gasteiger partial charge < -0.3 is 14.4 Å². The van der Waals surface area contributed by atoms with E-state index in [1.54, 1.807) is 6.07 Å². The second-order valence-corrected chi connectivity index (χ2v) is 10.1. The summed E-state index contributed by atoms with van der Waals surface area (Å²) in [7, 11) is -3.07.